The van der Waals surface area contributed by atoms with Crippen molar-refractivity contribution in [2.24, 2.45) is 5.41 Å². The molecule has 0 atom stereocenters. The van der Waals surface area contributed by atoms with Crippen molar-refractivity contribution in [2.45, 2.75) is 32.6 Å². The Morgan fingerprint density at radius 2 is 2.11 bits per heavy atom. The molecule has 1 aromatic rings. The van der Waals surface area contributed by atoms with Gasteiger partial charge in [-0.05, 0) is 36.5 Å². The third-order valence-electron chi connectivity index (χ3n) is 3.81. The van der Waals surface area contributed by atoms with Crippen LogP contribution in [0.5, 0.6) is 0 Å². The van der Waals surface area contributed by atoms with Crippen molar-refractivity contribution in [2.75, 3.05) is 17.6 Å². The fraction of sp³-hybridized carbons (Fsp3) is 0.500. The van der Waals surface area contributed by atoms with Crippen LogP contribution in [-0.2, 0) is 0 Å². The third-order valence-corrected chi connectivity index (χ3v) is 3.81. The molecule has 1 saturated carbocycles. The minimum absolute atomic E-state index is 0.160. The van der Waals surface area contributed by atoms with Crippen LogP contribution >= 0.6 is 0 Å². The summed E-state index contributed by atoms with van der Waals surface area (Å²) in [6, 6.07) is 5.02. The summed E-state index contributed by atoms with van der Waals surface area (Å²) in [7, 11) is 0. The molecular weight excluding hydrogens is 228 g/mol. The van der Waals surface area contributed by atoms with E-state index >= 15 is 0 Å². The summed E-state index contributed by atoms with van der Waals surface area (Å²) in [6.07, 6.45) is 5.11. The lowest BCUT2D eigenvalue weighted by atomic mass is 9.89. The van der Waals surface area contributed by atoms with Crippen LogP contribution in [-0.4, -0.2) is 17.6 Å². The highest BCUT2D eigenvalue weighted by atomic mass is 16.4. The number of nitrogens with two attached hydrogens (primary N) is 1. The Hall–Kier alpha value is -1.71. The van der Waals surface area contributed by atoms with Gasteiger partial charge in [0, 0.05) is 17.9 Å². The molecule has 4 N–H and O–H groups in total. The summed E-state index contributed by atoms with van der Waals surface area (Å²) in [5, 5.41) is 12.3. The number of carbonyl (C=O) groups is 1. The number of rotatable bonds is 4. The molecule has 0 unspecified atom stereocenters. The van der Waals surface area contributed by atoms with Crippen molar-refractivity contribution in [3.05, 3.63) is 23.8 Å². The summed E-state index contributed by atoms with van der Waals surface area (Å²) in [6.45, 7) is 3.21. The number of carboxylic acid groups (broad SMARTS) is 1. The summed E-state index contributed by atoms with van der Waals surface area (Å²) in [5.41, 5.74) is 7.44. The number of carboxylic acids is 1. The first-order valence-corrected chi connectivity index (χ1v) is 6.37. The van der Waals surface area contributed by atoms with Gasteiger partial charge < -0.3 is 16.2 Å². The molecule has 1 aliphatic carbocycles. The number of hydrogen-bond donors (Lipinski definition) is 3. The van der Waals surface area contributed by atoms with Crippen LogP contribution in [0.15, 0.2) is 18.2 Å². The standard InChI is InChI=1S/C14H20N2O2/c1-14(6-2-3-7-14)9-16-10-4-5-11(13(17)18)12(15)8-10/h4-5,8,16H,2-3,6-7,9,15H2,1H3,(H,17,18). The SMILES string of the molecule is CC1(CNc2ccc(C(=O)O)c(N)c2)CCCC1. The minimum Gasteiger partial charge on any atom is -0.478 e. The second-order valence-corrected chi connectivity index (χ2v) is 5.48. The second kappa shape index (κ2) is 4.88. The summed E-state index contributed by atoms with van der Waals surface area (Å²) >= 11 is 0. The van der Waals surface area contributed by atoms with Crippen LogP contribution in [0.2, 0.25) is 0 Å². The molecule has 0 bridgehead atoms. The summed E-state index contributed by atoms with van der Waals surface area (Å²) < 4.78 is 0. The molecule has 0 radical (unpaired) electrons. The van der Waals surface area contributed by atoms with E-state index < -0.39 is 5.97 Å². The maximum absolute atomic E-state index is 10.9. The Morgan fingerprint density at radius 1 is 1.44 bits per heavy atom. The Labute approximate surface area is 107 Å². The third kappa shape index (κ3) is 2.75. The van der Waals surface area contributed by atoms with E-state index in [2.05, 4.69) is 12.2 Å². The summed E-state index contributed by atoms with van der Waals surface area (Å²) in [4.78, 5) is 10.9. The Balaban J connectivity index is 2.02. The van der Waals surface area contributed by atoms with Crippen LogP contribution in [0, 0.1) is 5.41 Å². The van der Waals surface area contributed by atoms with Crippen LogP contribution in [0.1, 0.15) is 43.0 Å². The number of hydrogen-bond acceptors (Lipinski definition) is 3. The Kier molecular flexibility index (Phi) is 3.45. The highest BCUT2D eigenvalue weighted by Gasteiger charge is 2.28. The van der Waals surface area contributed by atoms with E-state index in [1.165, 1.54) is 25.7 Å². The first-order valence-electron chi connectivity index (χ1n) is 6.37. The Morgan fingerprint density at radius 3 is 2.67 bits per heavy atom. The molecule has 0 aliphatic heterocycles. The monoisotopic (exact) mass is 248 g/mol. The number of nitrogen functional groups attached to an aromatic ring is 1. The van der Waals surface area contributed by atoms with Gasteiger partial charge >= 0.3 is 5.97 Å². The fourth-order valence-corrected chi connectivity index (χ4v) is 2.59. The van der Waals surface area contributed by atoms with E-state index in [-0.39, 0.29) is 5.56 Å². The highest BCUT2D eigenvalue weighted by Crippen LogP contribution is 2.37. The van der Waals surface area contributed by atoms with Gasteiger partial charge in [0.25, 0.3) is 0 Å². The largest absolute Gasteiger partial charge is 0.478 e. The molecule has 4 nitrogen and oxygen atoms in total. The first-order chi connectivity index (χ1) is 8.50. The predicted octanol–water partition coefficient (Wildman–Crippen LogP) is 2.96. The fourth-order valence-electron chi connectivity index (χ4n) is 2.59. The van der Waals surface area contributed by atoms with E-state index in [0.29, 0.717) is 11.1 Å². The van der Waals surface area contributed by atoms with Gasteiger partial charge in [-0.1, -0.05) is 19.8 Å². The number of nitrogens with one attached hydrogen (secondary N) is 1. The molecule has 1 aromatic carbocycles. The predicted molar refractivity (Wildman–Crippen MR) is 72.9 cm³/mol. The van der Waals surface area contributed by atoms with E-state index in [0.717, 1.165) is 12.2 Å². The molecule has 18 heavy (non-hydrogen) atoms. The number of benzene rings is 1. The van der Waals surface area contributed by atoms with E-state index in [1.807, 2.05) is 0 Å². The zero-order valence-corrected chi connectivity index (χ0v) is 10.7. The van der Waals surface area contributed by atoms with Gasteiger partial charge in [0.2, 0.25) is 0 Å². The molecular formula is C14H20N2O2. The van der Waals surface area contributed by atoms with E-state index in [1.54, 1.807) is 18.2 Å². The van der Waals surface area contributed by atoms with Crippen molar-refractivity contribution in [3.8, 4) is 0 Å². The van der Waals surface area contributed by atoms with Crippen LogP contribution < -0.4 is 11.1 Å². The van der Waals surface area contributed by atoms with E-state index in [4.69, 9.17) is 10.8 Å². The van der Waals surface area contributed by atoms with Crippen molar-refractivity contribution in [1.82, 2.24) is 0 Å². The van der Waals surface area contributed by atoms with Crippen LogP contribution in [0.4, 0.5) is 11.4 Å². The van der Waals surface area contributed by atoms with Gasteiger partial charge in [-0.3, -0.25) is 0 Å². The van der Waals surface area contributed by atoms with Crippen molar-refractivity contribution in [3.63, 3.8) is 0 Å². The number of aromatic carboxylic acids is 1. The molecule has 0 saturated heterocycles. The van der Waals surface area contributed by atoms with Crippen molar-refractivity contribution in [1.29, 1.82) is 0 Å². The zero-order chi connectivity index (χ0) is 13.2. The van der Waals surface area contributed by atoms with Crippen LogP contribution in [0.25, 0.3) is 0 Å². The average molecular weight is 248 g/mol. The lowest BCUT2D eigenvalue weighted by Crippen LogP contribution is -2.23. The minimum atomic E-state index is -0.984. The average Bonchev–Trinajstić information content (AvgIpc) is 2.74. The topological polar surface area (TPSA) is 75.3 Å². The molecule has 0 heterocycles. The van der Waals surface area contributed by atoms with Gasteiger partial charge in [0.15, 0.2) is 0 Å². The molecule has 2 rings (SSSR count). The van der Waals surface area contributed by atoms with E-state index in [9.17, 15) is 4.79 Å². The number of anilines is 2. The molecule has 4 heteroatoms. The van der Waals surface area contributed by atoms with Gasteiger partial charge in [-0.25, -0.2) is 4.79 Å². The molecule has 0 amide bonds. The smallest absolute Gasteiger partial charge is 0.337 e. The van der Waals surface area contributed by atoms with Gasteiger partial charge in [-0.15, -0.1) is 0 Å². The summed E-state index contributed by atoms with van der Waals surface area (Å²) in [5.74, 6) is -0.984. The van der Waals surface area contributed by atoms with Crippen LogP contribution in [0.3, 0.4) is 0 Å². The molecule has 98 valence electrons. The maximum Gasteiger partial charge on any atom is 0.337 e. The highest BCUT2D eigenvalue weighted by molar-refractivity contribution is 5.94. The first kappa shape index (κ1) is 12.7. The lowest BCUT2D eigenvalue weighted by molar-refractivity contribution is 0.0698. The zero-order valence-electron chi connectivity index (χ0n) is 10.7. The molecule has 0 spiro atoms. The Bertz CT molecular complexity index is 451. The second-order valence-electron chi connectivity index (χ2n) is 5.48. The van der Waals surface area contributed by atoms with Gasteiger partial charge in [0.1, 0.15) is 0 Å². The molecule has 0 aromatic heterocycles. The normalized spacial score (nSPS) is 17.6. The lowest BCUT2D eigenvalue weighted by Gasteiger charge is -2.24. The molecule has 1 aliphatic rings. The molecule has 1 fully saturated rings. The van der Waals surface area contributed by atoms with Gasteiger partial charge in [0.05, 0.1) is 5.56 Å². The maximum atomic E-state index is 10.9. The van der Waals surface area contributed by atoms with Crippen molar-refractivity contribution < 1.29 is 9.90 Å². The quantitative estimate of drug-likeness (QED) is 0.716. The van der Waals surface area contributed by atoms with Gasteiger partial charge in [-0.2, -0.15) is 0 Å². The van der Waals surface area contributed by atoms with Crippen molar-refractivity contribution >= 4 is 17.3 Å².